The highest BCUT2D eigenvalue weighted by Gasteiger charge is 2.17. The van der Waals surface area contributed by atoms with E-state index in [1.807, 2.05) is 6.92 Å². The first-order valence-electron chi connectivity index (χ1n) is 9.86. The molecule has 0 atom stereocenters. The monoisotopic (exact) mass is 494 g/mol. The molecule has 9 heteroatoms. The molecule has 0 spiro atoms. The Morgan fingerprint density at radius 1 is 0.871 bits per heavy atom. The third kappa shape index (κ3) is 6.52. The van der Waals surface area contributed by atoms with Crippen LogP contribution in [0.15, 0.2) is 34.8 Å². The molecule has 0 saturated heterocycles. The fourth-order valence-corrected chi connectivity index (χ4v) is 3.20. The summed E-state index contributed by atoms with van der Waals surface area (Å²) in [6, 6.07) is 7.93. The third-order valence-corrected chi connectivity index (χ3v) is 4.84. The van der Waals surface area contributed by atoms with Crippen molar-refractivity contribution in [3.05, 3.63) is 45.9 Å². The van der Waals surface area contributed by atoms with E-state index in [0.29, 0.717) is 46.2 Å². The van der Waals surface area contributed by atoms with Gasteiger partial charge in [0.2, 0.25) is 0 Å². The van der Waals surface area contributed by atoms with Crippen LogP contribution < -0.4 is 29.8 Å². The fraction of sp³-hybridized carbons (Fsp3) is 0.364. The molecular weight excluding hydrogens is 468 g/mol. The Morgan fingerprint density at radius 3 is 2.13 bits per heavy atom. The Balaban J connectivity index is 2.06. The van der Waals surface area contributed by atoms with Crippen LogP contribution >= 0.6 is 15.9 Å². The minimum atomic E-state index is -0.512. The summed E-state index contributed by atoms with van der Waals surface area (Å²) in [6.45, 7) is 4.93. The van der Waals surface area contributed by atoms with Crippen molar-refractivity contribution < 1.29 is 28.5 Å². The normalized spacial score (nSPS) is 10.2. The first-order valence-corrected chi connectivity index (χ1v) is 10.7. The van der Waals surface area contributed by atoms with E-state index in [9.17, 15) is 9.59 Å². The molecule has 168 valence electrons. The van der Waals surface area contributed by atoms with Crippen LogP contribution in [0, 0.1) is 0 Å². The Morgan fingerprint density at radius 2 is 1.52 bits per heavy atom. The van der Waals surface area contributed by atoms with Crippen molar-refractivity contribution in [2.24, 2.45) is 0 Å². The van der Waals surface area contributed by atoms with Crippen LogP contribution in [0.25, 0.3) is 0 Å². The molecule has 0 aliphatic heterocycles. The molecule has 0 radical (unpaired) electrons. The number of carbonyl (C=O) groups excluding carboxylic acids is 2. The third-order valence-electron chi connectivity index (χ3n) is 4.25. The van der Waals surface area contributed by atoms with Crippen LogP contribution in [0.2, 0.25) is 0 Å². The smallest absolute Gasteiger partial charge is 0.269 e. The van der Waals surface area contributed by atoms with Crippen LogP contribution in [0.1, 0.15) is 47.4 Å². The number of hydrogen-bond acceptors (Lipinski definition) is 6. The molecule has 31 heavy (non-hydrogen) atoms. The minimum Gasteiger partial charge on any atom is -0.493 e. The predicted octanol–water partition coefficient (Wildman–Crippen LogP) is 4.12. The second kappa shape index (κ2) is 12.0. The van der Waals surface area contributed by atoms with E-state index in [0.717, 1.165) is 12.8 Å². The zero-order valence-corrected chi connectivity index (χ0v) is 19.6. The summed E-state index contributed by atoms with van der Waals surface area (Å²) in [4.78, 5) is 25.0. The summed E-state index contributed by atoms with van der Waals surface area (Å²) >= 11 is 3.37. The van der Waals surface area contributed by atoms with Gasteiger partial charge in [-0.05, 0) is 59.6 Å². The molecule has 2 aromatic carbocycles. The highest BCUT2D eigenvalue weighted by atomic mass is 79.9. The van der Waals surface area contributed by atoms with Crippen molar-refractivity contribution in [1.82, 2.24) is 10.9 Å². The maximum absolute atomic E-state index is 12.5. The molecule has 0 aromatic heterocycles. The van der Waals surface area contributed by atoms with Gasteiger partial charge in [0.15, 0.2) is 23.0 Å². The Bertz CT molecular complexity index is 919. The number of nitrogens with one attached hydrogen (secondary N) is 2. The van der Waals surface area contributed by atoms with Gasteiger partial charge in [0.05, 0.1) is 31.9 Å². The summed E-state index contributed by atoms with van der Waals surface area (Å²) in [5.74, 6) is 0.888. The van der Waals surface area contributed by atoms with Crippen molar-refractivity contribution in [2.45, 2.75) is 26.7 Å². The molecular formula is C22H27BrN2O6. The van der Waals surface area contributed by atoms with Crippen molar-refractivity contribution in [3.8, 4) is 23.0 Å². The van der Waals surface area contributed by atoms with Gasteiger partial charge in [0, 0.05) is 11.1 Å². The number of hydrazine groups is 1. The highest BCUT2D eigenvalue weighted by molar-refractivity contribution is 9.10. The van der Waals surface area contributed by atoms with Crippen molar-refractivity contribution in [1.29, 1.82) is 0 Å². The second-order valence-electron chi connectivity index (χ2n) is 6.40. The van der Waals surface area contributed by atoms with Gasteiger partial charge in [-0.3, -0.25) is 20.4 Å². The van der Waals surface area contributed by atoms with E-state index in [-0.39, 0.29) is 5.56 Å². The van der Waals surface area contributed by atoms with Gasteiger partial charge in [-0.15, -0.1) is 0 Å². The minimum absolute atomic E-state index is 0.282. The number of hydrogen-bond donors (Lipinski definition) is 2. The fourth-order valence-electron chi connectivity index (χ4n) is 2.65. The van der Waals surface area contributed by atoms with Crippen LogP contribution in [-0.4, -0.2) is 39.2 Å². The number of rotatable bonds is 10. The second-order valence-corrected chi connectivity index (χ2v) is 7.25. The molecule has 0 heterocycles. The Kier molecular flexibility index (Phi) is 9.45. The molecule has 0 saturated carbocycles. The SMILES string of the molecule is CCCCOc1ccc(C(=O)NNC(=O)c2cc(Br)c(OCC)c(OC)c2)cc1OC. The molecule has 0 aliphatic rings. The summed E-state index contributed by atoms with van der Waals surface area (Å²) in [5, 5.41) is 0. The van der Waals surface area contributed by atoms with Gasteiger partial charge >= 0.3 is 0 Å². The molecule has 0 aliphatic carbocycles. The molecule has 0 unspecified atom stereocenters. The van der Waals surface area contributed by atoms with E-state index in [2.05, 4.69) is 33.7 Å². The number of amides is 2. The lowest BCUT2D eigenvalue weighted by atomic mass is 10.2. The summed E-state index contributed by atoms with van der Waals surface area (Å²) < 4.78 is 22.3. The van der Waals surface area contributed by atoms with Gasteiger partial charge < -0.3 is 18.9 Å². The molecule has 2 amide bonds. The number of halogens is 1. The quantitative estimate of drug-likeness (QED) is 0.381. The van der Waals surface area contributed by atoms with E-state index < -0.39 is 11.8 Å². The average molecular weight is 495 g/mol. The average Bonchev–Trinajstić information content (AvgIpc) is 2.78. The molecule has 0 bridgehead atoms. The van der Waals surface area contributed by atoms with Crippen molar-refractivity contribution >= 4 is 27.7 Å². The maximum atomic E-state index is 12.5. The number of ether oxygens (including phenoxy) is 4. The lowest BCUT2D eigenvalue weighted by Gasteiger charge is -2.14. The zero-order valence-electron chi connectivity index (χ0n) is 18.0. The van der Waals surface area contributed by atoms with Crippen LogP contribution in [-0.2, 0) is 0 Å². The predicted molar refractivity (Wildman–Crippen MR) is 120 cm³/mol. The summed E-state index contributed by atoms with van der Waals surface area (Å²) in [5.41, 5.74) is 5.38. The van der Waals surface area contributed by atoms with E-state index in [4.69, 9.17) is 18.9 Å². The van der Waals surface area contributed by atoms with E-state index in [1.165, 1.54) is 20.3 Å². The zero-order chi connectivity index (χ0) is 22.8. The number of methoxy groups -OCH3 is 2. The van der Waals surface area contributed by atoms with Crippen LogP contribution in [0.3, 0.4) is 0 Å². The Hall–Kier alpha value is -2.94. The first-order chi connectivity index (χ1) is 14.9. The van der Waals surface area contributed by atoms with Gasteiger partial charge in [-0.2, -0.15) is 0 Å². The summed E-state index contributed by atoms with van der Waals surface area (Å²) in [7, 11) is 2.99. The van der Waals surface area contributed by atoms with Gasteiger partial charge in [-0.25, -0.2) is 0 Å². The molecule has 2 rings (SSSR count). The van der Waals surface area contributed by atoms with Gasteiger partial charge in [-0.1, -0.05) is 13.3 Å². The molecule has 2 N–H and O–H groups in total. The number of carbonyl (C=O) groups is 2. The molecule has 8 nitrogen and oxygen atoms in total. The lowest BCUT2D eigenvalue weighted by molar-refractivity contribution is 0.0846. The van der Waals surface area contributed by atoms with Crippen molar-refractivity contribution in [3.63, 3.8) is 0 Å². The summed E-state index contributed by atoms with van der Waals surface area (Å²) in [6.07, 6.45) is 1.93. The van der Waals surface area contributed by atoms with Crippen LogP contribution in [0.4, 0.5) is 0 Å². The lowest BCUT2D eigenvalue weighted by Crippen LogP contribution is -2.41. The first kappa shape index (κ1) is 24.3. The molecule has 2 aromatic rings. The maximum Gasteiger partial charge on any atom is 0.269 e. The molecule has 0 fully saturated rings. The standard InChI is InChI=1S/C22H27BrN2O6/c1-5-7-10-31-17-9-8-14(12-18(17)28-3)21(26)24-25-22(27)15-11-16(23)20(30-6-2)19(13-15)29-4/h8-9,11-13H,5-7,10H2,1-4H3,(H,24,26)(H,25,27). The van der Waals surface area contributed by atoms with Crippen molar-refractivity contribution in [2.75, 3.05) is 27.4 Å². The largest absolute Gasteiger partial charge is 0.493 e. The van der Waals surface area contributed by atoms with Gasteiger partial charge in [0.25, 0.3) is 11.8 Å². The highest BCUT2D eigenvalue weighted by Crippen LogP contribution is 2.36. The van der Waals surface area contributed by atoms with E-state index in [1.54, 1.807) is 24.3 Å². The topological polar surface area (TPSA) is 95.1 Å². The Labute approximate surface area is 190 Å². The van der Waals surface area contributed by atoms with Crippen LogP contribution in [0.5, 0.6) is 23.0 Å². The van der Waals surface area contributed by atoms with E-state index >= 15 is 0 Å². The number of benzene rings is 2. The number of unbranched alkanes of at least 4 members (excludes halogenated alkanes) is 1. The van der Waals surface area contributed by atoms with Gasteiger partial charge in [0.1, 0.15) is 0 Å².